The number of amides is 1. The van der Waals surface area contributed by atoms with E-state index in [0.717, 1.165) is 31.2 Å². The molecule has 0 saturated heterocycles. The molecule has 1 amide bonds. The van der Waals surface area contributed by atoms with Crippen LogP contribution in [0, 0.1) is 5.82 Å². The number of nitrogens with zero attached hydrogens (tertiary/aromatic N) is 2. The van der Waals surface area contributed by atoms with E-state index in [-0.39, 0.29) is 35.2 Å². The zero-order valence-electron chi connectivity index (χ0n) is 22.6. The third kappa shape index (κ3) is 5.51. The smallest absolute Gasteiger partial charge is 0.341 e. The normalized spacial score (nSPS) is 12.7. The summed E-state index contributed by atoms with van der Waals surface area (Å²) < 4.78 is 20.4. The van der Waals surface area contributed by atoms with Crippen LogP contribution in [0.1, 0.15) is 40.6 Å². The van der Waals surface area contributed by atoms with Crippen LogP contribution in [0.4, 0.5) is 9.39 Å². The third-order valence-corrected chi connectivity index (χ3v) is 10.0. The molecule has 1 aliphatic carbocycles. The van der Waals surface area contributed by atoms with E-state index in [9.17, 15) is 18.8 Å². The Morgan fingerprint density at radius 2 is 1.86 bits per heavy atom. The zero-order chi connectivity index (χ0) is 29.2. The number of thioether (sulfide) groups is 1. The maximum absolute atomic E-state index is 13.9. The van der Waals surface area contributed by atoms with Gasteiger partial charge < -0.3 is 10.1 Å². The molecule has 0 radical (unpaired) electrons. The molecule has 0 bridgehead atoms. The molecule has 42 heavy (non-hydrogen) atoms. The minimum Gasteiger partial charge on any atom is -0.462 e. The van der Waals surface area contributed by atoms with Crippen molar-refractivity contribution in [3.63, 3.8) is 0 Å². The van der Waals surface area contributed by atoms with Gasteiger partial charge in [0.15, 0.2) is 5.16 Å². The van der Waals surface area contributed by atoms with Gasteiger partial charge >= 0.3 is 5.97 Å². The van der Waals surface area contributed by atoms with E-state index in [1.807, 2.05) is 30.3 Å². The summed E-state index contributed by atoms with van der Waals surface area (Å²) in [5.74, 6) is -1.37. The molecule has 11 heteroatoms. The largest absolute Gasteiger partial charge is 0.462 e. The average molecular weight is 620 g/mol. The molecule has 3 heterocycles. The Labute approximate surface area is 253 Å². The summed E-state index contributed by atoms with van der Waals surface area (Å²) in [7, 11) is 0. The van der Waals surface area contributed by atoms with Gasteiger partial charge in [0.25, 0.3) is 5.56 Å². The first-order valence-corrected chi connectivity index (χ1v) is 16.2. The van der Waals surface area contributed by atoms with Gasteiger partial charge in [0.2, 0.25) is 5.91 Å². The minimum absolute atomic E-state index is 0.0398. The molecular weight excluding hydrogens is 594 g/mol. The van der Waals surface area contributed by atoms with Crippen molar-refractivity contribution in [1.82, 2.24) is 9.55 Å². The van der Waals surface area contributed by atoms with Crippen molar-refractivity contribution in [3.05, 3.63) is 92.2 Å². The summed E-state index contributed by atoms with van der Waals surface area (Å²) in [6.45, 7) is 1.87. The fourth-order valence-corrected chi connectivity index (χ4v) is 8.17. The molecule has 6 rings (SSSR count). The van der Waals surface area contributed by atoms with Crippen LogP contribution in [-0.4, -0.2) is 33.8 Å². The number of halogens is 1. The fraction of sp³-hybridized carbons (Fsp3) is 0.226. The highest BCUT2D eigenvalue weighted by atomic mass is 32.2. The first-order chi connectivity index (χ1) is 20.4. The van der Waals surface area contributed by atoms with Crippen LogP contribution >= 0.6 is 34.4 Å². The predicted octanol–water partition coefficient (Wildman–Crippen LogP) is 7.10. The monoisotopic (exact) mass is 619 g/mol. The highest BCUT2D eigenvalue weighted by Crippen LogP contribution is 2.37. The van der Waals surface area contributed by atoms with Crippen LogP contribution in [0.25, 0.3) is 27.0 Å². The number of rotatable bonds is 8. The summed E-state index contributed by atoms with van der Waals surface area (Å²) in [4.78, 5) is 46.8. The van der Waals surface area contributed by atoms with Gasteiger partial charge in [-0.25, -0.2) is 14.2 Å². The van der Waals surface area contributed by atoms with E-state index < -0.39 is 5.97 Å². The van der Waals surface area contributed by atoms with Gasteiger partial charge in [-0.3, -0.25) is 14.2 Å². The molecule has 1 N–H and O–H groups in total. The van der Waals surface area contributed by atoms with Crippen molar-refractivity contribution in [1.29, 1.82) is 0 Å². The average Bonchev–Trinajstić information content (AvgIpc) is 3.58. The Hall–Kier alpha value is -3.80. The van der Waals surface area contributed by atoms with E-state index in [1.54, 1.807) is 40.3 Å². The highest BCUT2D eigenvalue weighted by Gasteiger charge is 2.25. The summed E-state index contributed by atoms with van der Waals surface area (Å²) in [6, 6.07) is 15.1. The highest BCUT2D eigenvalue weighted by molar-refractivity contribution is 7.99. The number of aryl methyl sites for hydroxylation is 2. The maximum atomic E-state index is 13.9. The molecule has 0 saturated carbocycles. The number of carbonyl (C=O) groups is 2. The standard InChI is InChI=1S/C31H26FN3O4S3/c1-2-39-30(38)26-22(18-12-14-19(32)15-13-18)16-40-27(26)33-24(36)17-41-31-34-28-25(21-10-6-7-11-23(21)42-28)29(37)35(31)20-8-4-3-5-9-20/h3-5,8-9,12-16H,2,6-7,10-11,17H2,1H3,(H,33,36). The maximum Gasteiger partial charge on any atom is 0.341 e. The lowest BCUT2D eigenvalue weighted by molar-refractivity contribution is -0.113. The number of para-hydroxylation sites is 1. The van der Waals surface area contributed by atoms with E-state index in [1.165, 1.54) is 40.1 Å². The van der Waals surface area contributed by atoms with Crippen LogP contribution in [-0.2, 0) is 22.4 Å². The molecule has 0 spiro atoms. The van der Waals surface area contributed by atoms with Crippen molar-refractivity contribution < 1.29 is 18.7 Å². The topological polar surface area (TPSA) is 90.3 Å². The summed E-state index contributed by atoms with van der Waals surface area (Å²) >= 11 is 3.93. The molecule has 3 aromatic heterocycles. The van der Waals surface area contributed by atoms with Gasteiger partial charge in [-0.15, -0.1) is 22.7 Å². The Bertz CT molecular complexity index is 1850. The molecule has 0 unspecified atom stereocenters. The van der Waals surface area contributed by atoms with Crippen molar-refractivity contribution in [3.8, 4) is 16.8 Å². The van der Waals surface area contributed by atoms with Gasteiger partial charge in [0.05, 0.1) is 23.4 Å². The number of anilines is 1. The molecule has 0 fully saturated rings. The van der Waals surface area contributed by atoms with E-state index in [0.29, 0.717) is 37.2 Å². The van der Waals surface area contributed by atoms with E-state index in [2.05, 4.69) is 5.32 Å². The molecule has 0 atom stereocenters. The van der Waals surface area contributed by atoms with E-state index in [4.69, 9.17) is 9.72 Å². The van der Waals surface area contributed by atoms with Gasteiger partial charge in [0.1, 0.15) is 21.2 Å². The third-order valence-electron chi connectivity index (χ3n) is 6.98. The second-order valence-corrected chi connectivity index (χ2v) is 12.6. The SMILES string of the molecule is CCOC(=O)c1c(-c2ccc(F)cc2)csc1NC(=O)CSc1nc2sc3c(c2c(=O)n1-c1ccccc1)CCCC3. The number of thiophene rings is 2. The van der Waals surface area contributed by atoms with Crippen molar-refractivity contribution in [2.45, 2.75) is 37.8 Å². The number of esters is 1. The fourth-order valence-electron chi connectivity index (χ4n) is 5.08. The first-order valence-electron chi connectivity index (χ1n) is 13.5. The second kappa shape index (κ2) is 12.2. The molecule has 214 valence electrons. The molecular formula is C31H26FN3O4S3. The summed E-state index contributed by atoms with van der Waals surface area (Å²) in [5.41, 5.74) is 3.07. The predicted molar refractivity (Wildman–Crippen MR) is 167 cm³/mol. The van der Waals surface area contributed by atoms with Crippen molar-refractivity contribution >= 4 is 61.5 Å². The lowest BCUT2D eigenvalue weighted by Gasteiger charge is -2.13. The van der Waals surface area contributed by atoms with Crippen LogP contribution in [0.2, 0.25) is 0 Å². The molecule has 5 aromatic rings. The number of hydrogen-bond donors (Lipinski definition) is 1. The number of benzene rings is 2. The molecule has 2 aromatic carbocycles. The number of hydrogen-bond acceptors (Lipinski definition) is 8. The van der Waals surface area contributed by atoms with Gasteiger partial charge in [-0.1, -0.05) is 42.1 Å². The molecule has 7 nitrogen and oxygen atoms in total. The second-order valence-electron chi connectivity index (χ2n) is 9.68. The Morgan fingerprint density at radius 1 is 1.10 bits per heavy atom. The summed E-state index contributed by atoms with van der Waals surface area (Å²) in [6.07, 6.45) is 3.99. The lowest BCUT2D eigenvalue weighted by atomic mass is 9.97. The minimum atomic E-state index is -0.576. The Morgan fingerprint density at radius 3 is 2.62 bits per heavy atom. The van der Waals surface area contributed by atoms with Crippen molar-refractivity contribution in [2.24, 2.45) is 0 Å². The Balaban J connectivity index is 1.31. The van der Waals surface area contributed by atoms with Crippen LogP contribution in [0.5, 0.6) is 0 Å². The van der Waals surface area contributed by atoms with Crippen LogP contribution in [0.3, 0.4) is 0 Å². The number of nitrogens with one attached hydrogen (secondary N) is 1. The molecule has 1 aliphatic rings. The zero-order valence-corrected chi connectivity index (χ0v) is 25.1. The lowest BCUT2D eigenvalue weighted by Crippen LogP contribution is -2.23. The first kappa shape index (κ1) is 28.3. The quantitative estimate of drug-likeness (QED) is 0.113. The summed E-state index contributed by atoms with van der Waals surface area (Å²) in [5, 5.41) is 6.03. The number of carbonyl (C=O) groups excluding carboxylic acids is 2. The van der Waals surface area contributed by atoms with Gasteiger partial charge in [-0.2, -0.15) is 0 Å². The number of fused-ring (bicyclic) bond motifs is 3. The van der Waals surface area contributed by atoms with Gasteiger partial charge in [-0.05, 0) is 68.0 Å². The van der Waals surface area contributed by atoms with Crippen molar-refractivity contribution in [2.75, 3.05) is 17.7 Å². The van der Waals surface area contributed by atoms with E-state index >= 15 is 0 Å². The molecule has 0 aliphatic heterocycles. The number of aromatic nitrogens is 2. The Kier molecular flexibility index (Phi) is 8.23. The van der Waals surface area contributed by atoms with Gasteiger partial charge in [0, 0.05) is 15.8 Å². The number of ether oxygens (including phenoxy) is 1. The van der Waals surface area contributed by atoms with Crippen LogP contribution in [0.15, 0.2) is 69.9 Å². The van der Waals surface area contributed by atoms with Crippen LogP contribution < -0.4 is 10.9 Å².